The topological polar surface area (TPSA) is 46.9 Å². The van der Waals surface area contributed by atoms with Crippen LogP contribution in [-0.4, -0.2) is 22.0 Å². The lowest BCUT2D eigenvalue weighted by Crippen LogP contribution is -2.28. The number of hydrogen-bond donors (Lipinski definition) is 1. The molecule has 0 bridgehead atoms. The van der Waals surface area contributed by atoms with Crippen molar-refractivity contribution in [3.63, 3.8) is 0 Å². The largest absolute Gasteiger partial charge is 0.355 e. The van der Waals surface area contributed by atoms with Crippen molar-refractivity contribution in [3.8, 4) is 0 Å². The van der Waals surface area contributed by atoms with Gasteiger partial charge >= 0.3 is 0 Å². The number of nitrogens with one attached hydrogen (secondary N) is 1. The molecule has 4 nitrogen and oxygen atoms in total. The van der Waals surface area contributed by atoms with Gasteiger partial charge < -0.3 is 9.88 Å². The van der Waals surface area contributed by atoms with Crippen molar-refractivity contribution in [1.82, 2.24) is 14.9 Å². The number of para-hydroxylation sites is 2. The Hall–Kier alpha value is -2.62. The number of aromatic nitrogens is 2. The summed E-state index contributed by atoms with van der Waals surface area (Å²) in [4.78, 5) is 17.0. The van der Waals surface area contributed by atoms with E-state index in [-0.39, 0.29) is 5.91 Å². The quantitative estimate of drug-likeness (QED) is 0.756. The van der Waals surface area contributed by atoms with Gasteiger partial charge in [-0.15, -0.1) is 0 Å². The first-order valence-electron chi connectivity index (χ1n) is 8.44. The number of benzene rings is 2. The predicted molar refractivity (Wildman–Crippen MR) is 97.0 cm³/mol. The Morgan fingerprint density at radius 3 is 2.67 bits per heavy atom. The average Bonchev–Trinajstić information content (AvgIpc) is 2.92. The van der Waals surface area contributed by atoms with E-state index in [4.69, 9.17) is 4.98 Å². The molecule has 0 aliphatic carbocycles. The van der Waals surface area contributed by atoms with Crippen molar-refractivity contribution in [3.05, 3.63) is 65.5 Å². The van der Waals surface area contributed by atoms with E-state index < -0.39 is 0 Å². The van der Waals surface area contributed by atoms with E-state index in [0.29, 0.717) is 13.1 Å². The zero-order valence-corrected chi connectivity index (χ0v) is 14.2. The summed E-state index contributed by atoms with van der Waals surface area (Å²) in [6.07, 6.45) is 1.66. The first-order valence-corrected chi connectivity index (χ1v) is 8.44. The van der Waals surface area contributed by atoms with E-state index in [1.165, 1.54) is 11.1 Å². The number of carbonyl (C=O) groups excluding carboxylic acids is 1. The van der Waals surface area contributed by atoms with Gasteiger partial charge in [0, 0.05) is 13.0 Å². The summed E-state index contributed by atoms with van der Waals surface area (Å²) in [5.74, 6) is 0.961. The fourth-order valence-corrected chi connectivity index (χ4v) is 2.88. The maximum atomic E-state index is 12.2. The Bertz CT molecular complexity index is 851. The van der Waals surface area contributed by atoms with Crippen LogP contribution in [0.2, 0.25) is 0 Å². The molecule has 2 aromatic carbocycles. The highest BCUT2D eigenvalue weighted by atomic mass is 16.1. The van der Waals surface area contributed by atoms with E-state index in [9.17, 15) is 4.79 Å². The molecule has 0 spiro atoms. The van der Waals surface area contributed by atoms with Crippen LogP contribution in [-0.2, 0) is 17.8 Å². The maximum absolute atomic E-state index is 12.2. The van der Waals surface area contributed by atoms with Crippen LogP contribution < -0.4 is 5.32 Å². The lowest BCUT2D eigenvalue weighted by atomic mass is 10.1. The van der Waals surface area contributed by atoms with Crippen LogP contribution in [0.15, 0.2) is 48.5 Å². The van der Waals surface area contributed by atoms with Crippen LogP contribution in [0.3, 0.4) is 0 Å². The molecule has 0 saturated heterocycles. The maximum Gasteiger partial charge on any atom is 0.240 e. The Morgan fingerprint density at radius 1 is 1.12 bits per heavy atom. The van der Waals surface area contributed by atoms with E-state index in [2.05, 4.69) is 31.3 Å². The minimum absolute atomic E-state index is 0.0334. The van der Waals surface area contributed by atoms with Crippen LogP contribution in [0.5, 0.6) is 0 Å². The van der Waals surface area contributed by atoms with Gasteiger partial charge in [0.2, 0.25) is 5.91 Å². The minimum Gasteiger partial charge on any atom is -0.355 e. The van der Waals surface area contributed by atoms with E-state index in [1.54, 1.807) is 0 Å². The summed E-state index contributed by atoms with van der Waals surface area (Å²) >= 11 is 0. The zero-order chi connectivity index (χ0) is 16.9. The number of amides is 1. The molecule has 3 rings (SSSR count). The van der Waals surface area contributed by atoms with Gasteiger partial charge in [-0.1, -0.05) is 43.3 Å². The fraction of sp³-hybridized carbons (Fsp3) is 0.300. The highest BCUT2D eigenvalue weighted by Gasteiger charge is 2.14. The molecule has 3 aromatic rings. The molecule has 124 valence electrons. The molecule has 1 heterocycles. The number of rotatable bonds is 6. The standard InChI is InChI=1S/C20H23N3O/c1-3-12-21-20(24)14-23-18-11-7-6-10-17(18)22-19(23)13-16-9-5-4-8-15(16)2/h4-11H,3,12-14H2,1-2H3,(H,21,24). The molecule has 0 aliphatic heterocycles. The third-order valence-corrected chi connectivity index (χ3v) is 4.22. The Balaban J connectivity index is 1.96. The van der Waals surface area contributed by atoms with Crippen LogP contribution in [0.25, 0.3) is 11.0 Å². The monoisotopic (exact) mass is 321 g/mol. The van der Waals surface area contributed by atoms with Gasteiger partial charge in [0.05, 0.1) is 11.0 Å². The van der Waals surface area contributed by atoms with Crippen LogP contribution >= 0.6 is 0 Å². The molecule has 1 amide bonds. The second kappa shape index (κ2) is 7.30. The van der Waals surface area contributed by atoms with Crippen molar-refractivity contribution in [2.45, 2.75) is 33.2 Å². The van der Waals surface area contributed by atoms with Crippen LogP contribution in [0.4, 0.5) is 0 Å². The molecule has 0 unspecified atom stereocenters. The van der Waals surface area contributed by atoms with Crippen molar-refractivity contribution >= 4 is 16.9 Å². The summed E-state index contributed by atoms with van der Waals surface area (Å²) in [6, 6.07) is 16.3. The van der Waals surface area contributed by atoms with Crippen molar-refractivity contribution in [2.24, 2.45) is 0 Å². The molecular formula is C20H23N3O. The molecular weight excluding hydrogens is 298 g/mol. The second-order valence-electron chi connectivity index (χ2n) is 6.06. The summed E-state index contributed by atoms with van der Waals surface area (Å²) in [5.41, 5.74) is 4.42. The van der Waals surface area contributed by atoms with Crippen molar-refractivity contribution in [1.29, 1.82) is 0 Å². The Morgan fingerprint density at radius 2 is 1.88 bits per heavy atom. The summed E-state index contributed by atoms with van der Waals surface area (Å²) < 4.78 is 2.03. The fourth-order valence-electron chi connectivity index (χ4n) is 2.88. The van der Waals surface area contributed by atoms with Gasteiger partial charge in [-0.05, 0) is 36.6 Å². The van der Waals surface area contributed by atoms with Gasteiger partial charge in [0.15, 0.2) is 0 Å². The summed E-state index contributed by atoms with van der Waals surface area (Å²) in [5, 5.41) is 2.95. The number of nitrogens with zero attached hydrogens (tertiary/aromatic N) is 2. The van der Waals surface area contributed by atoms with Crippen molar-refractivity contribution in [2.75, 3.05) is 6.54 Å². The van der Waals surface area contributed by atoms with E-state index in [0.717, 1.165) is 29.7 Å². The SMILES string of the molecule is CCCNC(=O)Cn1c(Cc2ccccc2C)nc2ccccc21. The second-order valence-corrected chi connectivity index (χ2v) is 6.06. The molecule has 0 atom stereocenters. The Labute approximate surface area is 142 Å². The third-order valence-electron chi connectivity index (χ3n) is 4.22. The number of aryl methyl sites for hydroxylation is 1. The molecule has 24 heavy (non-hydrogen) atoms. The summed E-state index contributed by atoms with van der Waals surface area (Å²) in [7, 11) is 0. The van der Waals surface area contributed by atoms with Gasteiger partial charge in [-0.3, -0.25) is 4.79 Å². The average molecular weight is 321 g/mol. The Kier molecular flexibility index (Phi) is 4.94. The van der Waals surface area contributed by atoms with Crippen molar-refractivity contribution < 1.29 is 4.79 Å². The molecule has 1 aromatic heterocycles. The van der Waals surface area contributed by atoms with E-state index >= 15 is 0 Å². The highest BCUT2D eigenvalue weighted by Crippen LogP contribution is 2.20. The van der Waals surface area contributed by atoms with Gasteiger partial charge in [-0.2, -0.15) is 0 Å². The number of fused-ring (bicyclic) bond motifs is 1. The first-order chi connectivity index (χ1) is 11.7. The minimum atomic E-state index is 0.0334. The third kappa shape index (κ3) is 3.48. The van der Waals surface area contributed by atoms with Gasteiger partial charge in [-0.25, -0.2) is 4.98 Å². The molecule has 0 saturated carbocycles. The molecule has 1 N–H and O–H groups in total. The van der Waals surface area contributed by atoms with Crippen LogP contribution in [0.1, 0.15) is 30.3 Å². The normalized spacial score (nSPS) is 10.9. The zero-order valence-electron chi connectivity index (χ0n) is 14.2. The molecule has 0 fully saturated rings. The lowest BCUT2D eigenvalue weighted by molar-refractivity contribution is -0.121. The number of carbonyl (C=O) groups is 1. The van der Waals surface area contributed by atoms with Crippen LogP contribution in [0, 0.1) is 6.92 Å². The lowest BCUT2D eigenvalue weighted by Gasteiger charge is -2.11. The van der Waals surface area contributed by atoms with Gasteiger partial charge in [0.1, 0.15) is 12.4 Å². The smallest absolute Gasteiger partial charge is 0.240 e. The van der Waals surface area contributed by atoms with Gasteiger partial charge in [0.25, 0.3) is 0 Å². The number of imidazole rings is 1. The highest BCUT2D eigenvalue weighted by molar-refractivity contribution is 5.81. The first kappa shape index (κ1) is 16.2. The summed E-state index contributed by atoms with van der Waals surface area (Å²) in [6.45, 7) is 5.17. The number of hydrogen-bond acceptors (Lipinski definition) is 2. The molecule has 0 radical (unpaired) electrons. The molecule has 4 heteroatoms. The van der Waals surface area contributed by atoms with E-state index in [1.807, 2.05) is 41.0 Å². The molecule has 0 aliphatic rings. The predicted octanol–water partition coefficient (Wildman–Crippen LogP) is 3.46.